The van der Waals surface area contributed by atoms with Crippen LogP contribution in [0.5, 0.6) is 0 Å². The molecule has 0 aliphatic heterocycles. The molecule has 0 bridgehead atoms. The van der Waals surface area contributed by atoms with Crippen LogP contribution in [-0.4, -0.2) is 45.3 Å². The van der Waals surface area contributed by atoms with Gasteiger partial charge in [-0.3, -0.25) is 0 Å². The summed E-state index contributed by atoms with van der Waals surface area (Å²) in [5.74, 6) is 0. The van der Waals surface area contributed by atoms with Gasteiger partial charge in [-0.25, -0.2) is 0 Å². The van der Waals surface area contributed by atoms with Gasteiger partial charge < -0.3 is 4.48 Å². The van der Waals surface area contributed by atoms with E-state index < -0.39 is 0 Å². The van der Waals surface area contributed by atoms with Crippen LogP contribution in [0.15, 0.2) is 0 Å². The maximum absolute atomic E-state index is 8.70. The number of quaternary nitrogens is 1. The molecular formula is C4H13BNO3+. The fourth-order valence-corrected chi connectivity index (χ4v) is 0. The van der Waals surface area contributed by atoms with Gasteiger partial charge in [-0.05, 0) is 0 Å². The summed E-state index contributed by atoms with van der Waals surface area (Å²) in [7, 11) is 8.43. The Bertz CT molecular complexity index is 64.7. The van der Waals surface area contributed by atoms with E-state index in [9.17, 15) is 0 Å². The van der Waals surface area contributed by atoms with E-state index in [0.717, 1.165) is 4.48 Å². The van der Waals surface area contributed by atoms with E-state index in [1.54, 1.807) is 0 Å². The third-order valence-corrected chi connectivity index (χ3v) is 0.0430. The Morgan fingerprint density at radius 3 is 1.44 bits per heavy atom. The Balaban J connectivity index is 0. The molecule has 0 spiro atoms. The molecule has 0 fully saturated rings. The average molecular weight is 134 g/mol. The second-order valence-corrected chi connectivity index (χ2v) is 2.88. The molecule has 1 N–H and O–H groups in total. The van der Waals surface area contributed by atoms with E-state index in [0.29, 0.717) is 0 Å². The summed E-state index contributed by atoms with van der Waals surface area (Å²) in [4.78, 5) is 2.86. The first-order valence-electron chi connectivity index (χ1n) is 2.44. The molecule has 54 valence electrons. The molecule has 0 aliphatic carbocycles. The standard InChI is InChI=1S/C4H12N.BHO3/c1-5(2,3)4;2-1-4-3/h1-4H3;3H/q+1;. The quantitative estimate of drug-likeness (QED) is 0.233. The summed E-state index contributed by atoms with van der Waals surface area (Å²) in [5.41, 5.74) is 0. The molecule has 0 saturated carbocycles. The van der Waals surface area contributed by atoms with Crippen LogP contribution in [0, 0.1) is 0 Å². The molecule has 0 heterocycles. The summed E-state index contributed by atoms with van der Waals surface area (Å²) in [6, 6.07) is 0. The van der Waals surface area contributed by atoms with Gasteiger partial charge in [-0.15, -0.1) is 0 Å². The molecule has 9 heavy (non-hydrogen) atoms. The van der Waals surface area contributed by atoms with Gasteiger partial charge in [0.25, 0.3) is 0 Å². The van der Waals surface area contributed by atoms with E-state index in [4.69, 9.17) is 9.96 Å². The summed E-state index contributed by atoms with van der Waals surface area (Å²) in [6.45, 7) is 0. The molecule has 0 atom stereocenters. The fraction of sp³-hybridized carbons (Fsp3) is 1.00. The van der Waals surface area contributed by atoms with Crippen molar-refractivity contribution in [3.63, 3.8) is 0 Å². The van der Waals surface area contributed by atoms with Crippen molar-refractivity contribution < 1.29 is 19.3 Å². The predicted octanol–water partition coefficient (Wildman–Crippen LogP) is -0.237. The summed E-state index contributed by atoms with van der Waals surface area (Å²) in [6.07, 6.45) is 0. The van der Waals surface area contributed by atoms with Crippen LogP contribution in [0.2, 0.25) is 0 Å². The van der Waals surface area contributed by atoms with Crippen LogP contribution in [0.4, 0.5) is 0 Å². The van der Waals surface area contributed by atoms with Gasteiger partial charge in [0, 0.05) is 0 Å². The molecule has 0 aromatic rings. The topological polar surface area (TPSA) is 46.5 Å². The zero-order chi connectivity index (χ0) is 7.91. The van der Waals surface area contributed by atoms with Crippen molar-refractivity contribution in [2.75, 3.05) is 28.2 Å². The molecule has 0 aromatic carbocycles. The van der Waals surface area contributed by atoms with Crippen LogP contribution < -0.4 is 0 Å². The van der Waals surface area contributed by atoms with Gasteiger partial charge in [0.1, 0.15) is 0 Å². The van der Waals surface area contributed by atoms with E-state index in [1.807, 2.05) is 0 Å². The van der Waals surface area contributed by atoms with Gasteiger partial charge >= 0.3 is 22.1 Å². The Hall–Kier alpha value is -0.415. The Morgan fingerprint density at radius 2 is 1.44 bits per heavy atom. The minimum absolute atomic E-state index is 0.0694. The van der Waals surface area contributed by atoms with Crippen molar-refractivity contribution in [1.29, 1.82) is 0 Å². The molecule has 0 amide bonds. The first-order valence-corrected chi connectivity index (χ1v) is 2.44. The monoisotopic (exact) mass is 134 g/mol. The van der Waals surface area contributed by atoms with Crippen molar-refractivity contribution >= 4 is 7.35 Å². The van der Waals surface area contributed by atoms with Gasteiger partial charge in [-0.1, -0.05) is 0 Å². The number of nitrogens with zero attached hydrogens (tertiary/aromatic N) is 1. The van der Waals surface area contributed by atoms with Crippen LogP contribution in [0.25, 0.3) is 0 Å². The van der Waals surface area contributed by atoms with Gasteiger partial charge in [0.15, 0.2) is 0 Å². The van der Waals surface area contributed by atoms with E-state index in [2.05, 4.69) is 33.0 Å². The third-order valence-electron chi connectivity index (χ3n) is 0.0430. The van der Waals surface area contributed by atoms with Crippen LogP contribution in [0.3, 0.4) is 0 Å². The maximum atomic E-state index is 8.70. The number of hydrogen-bond donors (Lipinski definition) is 1. The molecule has 5 heteroatoms. The van der Waals surface area contributed by atoms with Crippen molar-refractivity contribution in [2.45, 2.75) is 0 Å². The number of rotatable bonds is 1. The van der Waals surface area contributed by atoms with E-state index >= 15 is 0 Å². The van der Waals surface area contributed by atoms with Gasteiger partial charge in [-0.2, -0.15) is 0 Å². The average Bonchev–Trinajstić information content (AvgIpc) is 1.61. The van der Waals surface area contributed by atoms with Crippen LogP contribution in [0.1, 0.15) is 0 Å². The summed E-state index contributed by atoms with van der Waals surface area (Å²) >= 11 is 0. The van der Waals surface area contributed by atoms with Crippen molar-refractivity contribution in [3.05, 3.63) is 0 Å². The second kappa shape index (κ2) is 5.72. The van der Waals surface area contributed by atoms with Crippen molar-refractivity contribution in [1.82, 2.24) is 0 Å². The van der Waals surface area contributed by atoms with Crippen molar-refractivity contribution in [2.24, 2.45) is 0 Å². The third kappa shape index (κ3) is 691. The van der Waals surface area contributed by atoms with Crippen LogP contribution in [-0.2, 0) is 9.51 Å². The Morgan fingerprint density at radius 1 is 1.33 bits per heavy atom. The molecular weight excluding hydrogens is 121 g/mol. The predicted molar refractivity (Wildman–Crippen MR) is 34.1 cm³/mol. The molecule has 0 aliphatic rings. The second-order valence-electron chi connectivity index (χ2n) is 2.88. The Kier molecular flexibility index (Phi) is 7.24. The van der Waals surface area contributed by atoms with Gasteiger partial charge in [0.05, 0.1) is 28.2 Å². The summed E-state index contributed by atoms with van der Waals surface area (Å²) in [5, 5.41) is 7.01. The zero-order valence-electron chi connectivity index (χ0n) is 6.29. The SMILES string of the molecule is C[N+](C)(C)C.O=BOO. The first-order chi connectivity index (χ1) is 3.91. The molecule has 4 nitrogen and oxygen atoms in total. The van der Waals surface area contributed by atoms with Crippen LogP contribution >= 0.6 is 0 Å². The fourth-order valence-electron chi connectivity index (χ4n) is 0. The Labute approximate surface area is 55.8 Å². The van der Waals surface area contributed by atoms with E-state index in [-0.39, 0.29) is 7.35 Å². The zero-order valence-corrected chi connectivity index (χ0v) is 6.29. The molecule has 0 saturated heterocycles. The minimum atomic E-state index is -0.0694. The molecule has 0 rings (SSSR count). The van der Waals surface area contributed by atoms with Gasteiger partial charge in [0.2, 0.25) is 0 Å². The normalized spacial score (nSPS) is 8.56. The molecule has 0 radical (unpaired) electrons. The molecule has 0 aromatic heterocycles. The van der Waals surface area contributed by atoms with Crippen molar-refractivity contribution in [3.8, 4) is 0 Å². The number of hydrogen-bond acceptors (Lipinski definition) is 3. The summed E-state index contributed by atoms with van der Waals surface area (Å²) < 4.78 is 9.70. The molecule has 0 unspecified atom stereocenters. The first kappa shape index (κ1) is 11.4. The van der Waals surface area contributed by atoms with E-state index in [1.165, 1.54) is 0 Å².